The van der Waals surface area contributed by atoms with Gasteiger partial charge in [0.2, 0.25) is 5.91 Å². The van der Waals surface area contributed by atoms with Crippen LogP contribution in [-0.4, -0.2) is 29.9 Å². The van der Waals surface area contributed by atoms with Gasteiger partial charge in [0.1, 0.15) is 6.04 Å². The molecule has 1 atom stereocenters. The summed E-state index contributed by atoms with van der Waals surface area (Å²) in [6.45, 7) is 2.33. The van der Waals surface area contributed by atoms with Crippen LogP contribution in [0.2, 0.25) is 0 Å². The number of aryl methyl sites for hydroxylation is 1. The SMILES string of the molecule is CCCCCc1ccc(CN(C(=O)C=Cc2ccc(C(F)(F)F)cc2)[C@@H](Cc2ccccc2)C(=O)OC)cc1. The van der Waals surface area contributed by atoms with Gasteiger partial charge in [-0.15, -0.1) is 0 Å². The smallest absolute Gasteiger partial charge is 0.416 e. The summed E-state index contributed by atoms with van der Waals surface area (Å²) in [6, 6.07) is 21.0. The standard InChI is InChI=1S/C32H34F3NO3/c1-3-4-6-9-24-12-14-27(15-13-24)23-36(29(31(38)39-2)22-26-10-7-5-8-11-26)30(37)21-18-25-16-19-28(20-17-25)32(33,34)35/h5,7-8,10-21,29H,3-4,6,9,22-23H2,1-2H3/t29-/m0/s1. The Labute approximate surface area is 228 Å². The molecule has 7 heteroatoms. The Hall–Kier alpha value is -3.87. The third kappa shape index (κ3) is 9.13. The minimum Gasteiger partial charge on any atom is -0.467 e. The second kappa shape index (κ2) is 14.3. The van der Waals surface area contributed by atoms with Gasteiger partial charge >= 0.3 is 12.1 Å². The summed E-state index contributed by atoms with van der Waals surface area (Å²) < 4.78 is 43.8. The summed E-state index contributed by atoms with van der Waals surface area (Å²) in [5.41, 5.74) is 2.60. The number of alkyl halides is 3. The normalized spacial score (nSPS) is 12.3. The quantitative estimate of drug-likeness (QED) is 0.139. The molecule has 0 fully saturated rings. The first kappa shape index (κ1) is 29.7. The van der Waals surface area contributed by atoms with Crippen molar-refractivity contribution in [1.82, 2.24) is 4.90 Å². The predicted molar refractivity (Wildman–Crippen MR) is 147 cm³/mol. The first-order chi connectivity index (χ1) is 18.7. The first-order valence-corrected chi connectivity index (χ1v) is 13.1. The summed E-state index contributed by atoms with van der Waals surface area (Å²) in [4.78, 5) is 27.9. The van der Waals surface area contributed by atoms with Crippen molar-refractivity contribution in [3.8, 4) is 0 Å². The van der Waals surface area contributed by atoms with Gasteiger partial charge in [-0.2, -0.15) is 13.2 Å². The number of hydrogen-bond donors (Lipinski definition) is 0. The summed E-state index contributed by atoms with van der Waals surface area (Å²) in [5, 5.41) is 0. The summed E-state index contributed by atoms with van der Waals surface area (Å²) >= 11 is 0. The highest BCUT2D eigenvalue weighted by Crippen LogP contribution is 2.29. The van der Waals surface area contributed by atoms with E-state index in [1.165, 1.54) is 41.9 Å². The van der Waals surface area contributed by atoms with Crippen LogP contribution in [0, 0.1) is 0 Å². The largest absolute Gasteiger partial charge is 0.467 e. The zero-order chi connectivity index (χ0) is 28.3. The molecule has 4 nitrogen and oxygen atoms in total. The number of hydrogen-bond acceptors (Lipinski definition) is 3. The van der Waals surface area contributed by atoms with E-state index in [1.807, 2.05) is 54.6 Å². The molecule has 0 N–H and O–H groups in total. The number of unbranched alkanes of at least 4 members (excludes halogenated alkanes) is 2. The maximum Gasteiger partial charge on any atom is 0.416 e. The van der Waals surface area contributed by atoms with Crippen LogP contribution < -0.4 is 0 Å². The highest BCUT2D eigenvalue weighted by Gasteiger charge is 2.31. The van der Waals surface area contributed by atoms with Crippen molar-refractivity contribution < 1.29 is 27.5 Å². The third-order valence-corrected chi connectivity index (χ3v) is 6.51. The van der Waals surface area contributed by atoms with E-state index in [1.54, 1.807) is 0 Å². The number of rotatable bonds is 12. The molecule has 0 aliphatic carbocycles. The Bertz CT molecular complexity index is 1220. The highest BCUT2D eigenvalue weighted by molar-refractivity contribution is 5.94. The first-order valence-electron chi connectivity index (χ1n) is 13.1. The van der Waals surface area contributed by atoms with Crippen molar-refractivity contribution in [2.24, 2.45) is 0 Å². The molecule has 1 amide bonds. The summed E-state index contributed by atoms with van der Waals surface area (Å²) in [7, 11) is 1.28. The van der Waals surface area contributed by atoms with Crippen LogP contribution in [0.25, 0.3) is 6.08 Å². The molecule has 0 unspecified atom stereocenters. The number of ether oxygens (including phenoxy) is 1. The molecular formula is C32H34F3NO3. The second-order valence-corrected chi connectivity index (χ2v) is 9.42. The second-order valence-electron chi connectivity index (χ2n) is 9.42. The van der Waals surface area contributed by atoms with Crippen molar-refractivity contribution in [2.75, 3.05) is 7.11 Å². The molecule has 0 bridgehead atoms. The fourth-order valence-electron chi connectivity index (χ4n) is 4.27. The maximum atomic E-state index is 13.5. The molecule has 0 aliphatic heterocycles. The number of halogens is 3. The Morgan fingerprint density at radius 3 is 2.10 bits per heavy atom. The van der Waals surface area contributed by atoms with Crippen LogP contribution in [0.1, 0.15) is 54.0 Å². The van der Waals surface area contributed by atoms with Crippen LogP contribution in [0.15, 0.2) is 84.9 Å². The lowest BCUT2D eigenvalue weighted by Gasteiger charge is -2.29. The number of amides is 1. The molecule has 3 rings (SSSR count). The van der Waals surface area contributed by atoms with Crippen molar-refractivity contribution in [2.45, 2.75) is 57.8 Å². The van der Waals surface area contributed by atoms with E-state index in [2.05, 4.69) is 6.92 Å². The highest BCUT2D eigenvalue weighted by atomic mass is 19.4. The van der Waals surface area contributed by atoms with Gasteiger partial charge in [0.15, 0.2) is 0 Å². The van der Waals surface area contributed by atoms with E-state index < -0.39 is 29.7 Å². The van der Waals surface area contributed by atoms with E-state index in [-0.39, 0.29) is 13.0 Å². The van der Waals surface area contributed by atoms with E-state index in [0.717, 1.165) is 48.9 Å². The minimum atomic E-state index is -4.44. The summed E-state index contributed by atoms with van der Waals surface area (Å²) in [5.74, 6) is -1.00. The van der Waals surface area contributed by atoms with Crippen LogP contribution >= 0.6 is 0 Å². The average molecular weight is 538 g/mol. The molecule has 0 aliphatic rings. The number of nitrogens with zero attached hydrogens (tertiary/aromatic N) is 1. The van der Waals surface area contributed by atoms with Crippen LogP contribution in [0.5, 0.6) is 0 Å². The van der Waals surface area contributed by atoms with E-state index >= 15 is 0 Å². The number of carbonyl (C=O) groups excluding carboxylic acids is 2. The Morgan fingerprint density at radius 2 is 1.51 bits per heavy atom. The summed E-state index contributed by atoms with van der Waals surface area (Å²) in [6.07, 6.45) is 2.93. The average Bonchev–Trinajstić information content (AvgIpc) is 2.94. The zero-order valence-corrected chi connectivity index (χ0v) is 22.3. The fraction of sp³-hybridized carbons (Fsp3) is 0.312. The van der Waals surface area contributed by atoms with Crippen LogP contribution in [0.4, 0.5) is 13.2 Å². The van der Waals surface area contributed by atoms with Gasteiger partial charge in [-0.25, -0.2) is 4.79 Å². The molecule has 39 heavy (non-hydrogen) atoms. The lowest BCUT2D eigenvalue weighted by Crippen LogP contribution is -2.46. The lowest BCUT2D eigenvalue weighted by atomic mass is 10.0. The molecule has 0 saturated heterocycles. The van der Waals surface area contributed by atoms with Gasteiger partial charge < -0.3 is 9.64 Å². The van der Waals surface area contributed by atoms with Gasteiger partial charge in [0, 0.05) is 19.0 Å². The lowest BCUT2D eigenvalue weighted by molar-refractivity contribution is -0.151. The molecule has 0 saturated carbocycles. The van der Waals surface area contributed by atoms with Crippen LogP contribution in [-0.2, 0) is 39.9 Å². The molecule has 0 spiro atoms. The Kier molecular flexibility index (Phi) is 10.9. The molecular weight excluding hydrogens is 503 g/mol. The predicted octanol–water partition coefficient (Wildman–Crippen LogP) is 7.26. The van der Waals surface area contributed by atoms with Crippen molar-refractivity contribution >= 4 is 18.0 Å². The van der Waals surface area contributed by atoms with Gasteiger partial charge in [-0.1, -0.05) is 86.5 Å². The number of carbonyl (C=O) groups is 2. The van der Waals surface area contributed by atoms with Crippen molar-refractivity contribution in [3.63, 3.8) is 0 Å². The number of benzene rings is 3. The molecule has 3 aromatic rings. The topological polar surface area (TPSA) is 46.6 Å². The zero-order valence-electron chi connectivity index (χ0n) is 22.3. The van der Waals surface area contributed by atoms with E-state index in [9.17, 15) is 22.8 Å². The maximum absolute atomic E-state index is 13.5. The van der Waals surface area contributed by atoms with E-state index in [0.29, 0.717) is 5.56 Å². The van der Waals surface area contributed by atoms with Gasteiger partial charge in [-0.05, 0) is 53.3 Å². The van der Waals surface area contributed by atoms with E-state index in [4.69, 9.17) is 4.74 Å². The van der Waals surface area contributed by atoms with Gasteiger partial charge in [0.05, 0.1) is 12.7 Å². The Morgan fingerprint density at radius 1 is 0.872 bits per heavy atom. The Balaban J connectivity index is 1.87. The van der Waals surface area contributed by atoms with Gasteiger partial charge in [-0.3, -0.25) is 4.79 Å². The number of esters is 1. The number of methoxy groups -OCH3 is 1. The van der Waals surface area contributed by atoms with Gasteiger partial charge in [0.25, 0.3) is 0 Å². The fourth-order valence-corrected chi connectivity index (χ4v) is 4.27. The molecule has 0 aromatic heterocycles. The molecule has 3 aromatic carbocycles. The van der Waals surface area contributed by atoms with Crippen molar-refractivity contribution in [1.29, 1.82) is 0 Å². The molecule has 0 heterocycles. The molecule has 206 valence electrons. The van der Waals surface area contributed by atoms with Crippen LogP contribution in [0.3, 0.4) is 0 Å². The molecule has 0 radical (unpaired) electrons. The van der Waals surface area contributed by atoms with Crippen molar-refractivity contribution in [3.05, 3.63) is 113 Å². The minimum absolute atomic E-state index is 0.165. The third-order valence-electron chi connectivity index (χ3n) is 6.51. The monoisotopic (exact) mass is 537 g/mol.